The number of nitrogen functional groups attached to an aromatic ring is 1. The van der Waals surface area contributed by atoms with E-state index < -0.39 is 0 Å². The van der Waals surface area contributed by atoms with Crippen LogP contribution < -0.4 is 11.1 Å². The molecule has 0 aliphatic heterocycles. The number of benzene rings is 2. The molecule has 1 unspecified atom stereocenters. The fourth-order valence-electron chi connectivity index (χ4n) is 1.78. The summed E-state index contributed by atoms with van der Waals surface area (Å²) < 4.78 is 13.2. The van der Waals surface area contributed by atoms with Crippen LogP contribution in [0, 0.1) is 5.82 Å². The van der Waals surface area contributed by atoms with Crippen molar-refractivity contribution < 1.29 is 4.39 Å². The molecule has 2 nitrogen and oxygen atoms in total. The molecule has 0 aromatic heterocycles. The van der Waals surface area contributed by atoms with Crippen molar-refractivity contribution >= 4 is 34.6 Å². The lowest BCUT2D eigenvalue weighted by atomic mass is 10.1. The summed E-state index contributed by atoms with van der Waals surface area (Å²) in [6, 6.07) is 9.54. The molecule has 2 aromatic carbocycles. The molecule has 0 aliphatic carbocycles. The Morgan fingerprint density at radius 3 is 2.53 bits per heavy atom. The molecule has 3 N–H and O–H groups in total. The van der Waals surface area contributed by atoms with Crippen LogP contribution in [0.25, 0.3) is 0 Å². The Labute approximate surface area is 121 Å². The second-order valence-electron chi connectivity index (χ2n) is 4.27. The van der Waals surface area contributed by atoms with Gasteiger partial charge >= 0.3 is 0 Å². The number of nitrogens with one attached hydrogen (secondary N) is 1. The van der Waals surface area contributed by atoms with Gasteiger partial charge in [-0.25, -0.2) is 4.39 Å². The normalized spacial score (nSPS) is 12.2. The highest BCUT2D eigenvalue weighted by atomic mass is 35.5. The number of rotatable bonds is 3. The van der Waals surface area contributed by atoms with Crippen LogP contribution >= 0.6 is 23.2 Å². The Hall–Kier alpha value is -1.45. The van der Waals surface area contributed by atoms with E-state index in [9.17, 15) is 4.39 Å². The Balaban J connectivity index is 2.24. The highest BCUT2D eigenvalue weighted by Crippen LogP contribution is 2.32. The second-order valence-corrected chi connectivity index (χ2v) is 5.09. The zero-order valence-electron chi connectivity index (χ0n) is 10.3. The van der Waals surface area contributed by atoms with Crippen LogP contribution in [0.1, 0.15) is 18.5 Å². The maximum absolute atomic E-state index is 13.2. The highest BCUT2D eigenvalue weighted by molar-refractivity contribution is 6.42. The van der Waals surface area contributed by atoms with E-state index in [1.165, 1.54) is 12.1 Å². The maximum atomic E-state index is 13.2. The SMILES string of the molecule is CC(Nc1cc(Cl)c(Cl)cc1N)c1cccc(F)c1. The molecule has 0 heterocycles. The molecule has 100 valence electrons. The first-order valence-corrected chi connectivity index (χ1v) is 6.49. The van der Waals surface area contributed by atoms with Gasteiger partial charge in [-0.05, 0) is 36.8 Å². The molecule has 0 bridgehead atoms. The van der Waals surface area contributed by atoms with Crippen LogP contribution in [-0.2, 0) is 0 Å². The van der Waals surface area contributed by atoms with Crippen molar-refractivity contribution in [1.82, 2.24) is 0 Å². The number of halogens is 3. The molecule has 2 aromatic rings. The van der Waals surface area contributed by atoms with Gasteiger partial charge in [0.2, 0.25) is 0 Å². The van der Waals surface area contributed by atoms with Gasteiger partial charge in [-0.15, -0.1) is 0 Å². The minimum atomic E-state index is -0.270. The summed E-state index contributed by atoms with van der Waals surface area (Å²) in [4.78, 5) is 0. The molecule has 5 heteroatoms. The molecule has 19 heavy (non-hydrogen) atoms. The standard InChI is InChI=1S/C14H13Cl2FN2/c1-8(9-3-2-4-10(17)5-9)19-14-7-12(16)11(15)6-13(14)18/h2-8,19H,18H2,1H3. The summed E-state index contributed by atoms with van der Waals surface area (Å²) >= 11 is 11.8. The van der Waals surface area contributed by atoms with E-state index in [1.807, 2.05) is 13.0 Å². The average molecular weight is 299 g/mol. The summed E-state index contributed by atoms with van der Waals surface area (Å²) in [6.07, 6.45) is 0. The van der Waals surface area contributed by atoms with Gasteiger partial charge in [0.05, 0.1) is 21.4 Å². The molecule has 0 fully saturated rings. The van der Waals surface area contributed by atoms with Gasteiger partial charge in [0.1, 0.15) is 5.82 Å². The molecule has 0 amide bonds. The first-order chi connectivity index (χ1) is 8.97. The number of hydrogen-bond acceptors (Lipinski definition) is 2. The van der Waals surface area contributed by atoms with E-state index in [-0.39, 0.29) is 11.9 Å². The first-order valence-electron chi connectivity index (χ1n) is 5.74. The van der Waals surface area contributed by atoms with Crippen molar-refractivity contribution in [3.05, 3.63) is 57.8 Å². The quantitative estimate of drug-likeness (QED) is 0.792. The van der Waals surface area contributed by atoms with Gasteiger partial charge in [0.15, 0.2) is 0 Å². The van der Waals surface area contributed by atoms with E-state index in [0.29, 0.717) is 21.4 Å². The fraction of sp³-hybridized carbons (Fsp3) is 0.143. The van der Waals surface area contributed by atoms with Gasteiger partial charge < -0.3 is 11.1 Å². The fourth-order valence-corrected chi connectivity index (χ4v) is 2.12. The Morgan fingerprint density at radius 1 is 1.16 bits per heavy atom. The minimum absolute atomic E-state index is 0.102. The van der Waals surface area contributed by atoms with Gasteiger partial charge in [0, 0.05) is 6.04 Å². The molecule has 0 spiro atoms. The van der Waals surface area contributed by atoms with E-state index in [1.54, 1.807) is 18.2 Å². The zero-order chi connectivity index (χ0) is 14.0. The smallest absolute Gasteiger partial charge is 0.123 e. The van der Waals surface area contributed by atoms with Crippen LogP contribution in [0.5, 0.6) is 0 Å². The van der Waals surface area contributed by atoms with Gasteiger partial charge in [-0.2, -0.15) is 0 Å². The van der Waals surface area contributed by atoms with Gasteiger partial charge in [-0.3, -0.25) is 0 Å². The second kappa shape index (κ2) is 5.68. The molecular formula is C14H13Cl2FN2. The number of anilines is 2. The van der Waals surface area contributed by atoms with Gasteiger partial charge in [-0.1, -0.05) is 35.3 Å². The monoisotopic (exact) mass is 298 g/mol. The molecule has 0 aliphatic rings. The molecule has 1 atom stereocenters. The lowest BCUT2D eigenvalue weighted by Gasteiger charge is -2.18. The van der Waals surface area contributed by atoms with Crippen molar-refractivity contribution in [3.8, 4) is 0 Å². The molecule has 2 rings (SSSR count). The summed E-state index contributed by atoms with van der Waals surface area (Å²) in [6.45, 7) is 1.91. The van der Waals surface area contributed by atoms with Crippen molar-refractivity contribution in [2.24, 2.45) is 0 Å². The molecule has 0 saturated carbocycles. The van der Waals surface area contributed by atoms with E-state index in [0.717, 1.165) is 5.56 Å². The van der Waals surface area contributed by atoms with Crippen molar-refractivity contribution in [1.29, 1.82) is 0 Å². The van der Waals surface area contributed by atoms with Crippen LogP contribution in [0.4, 0.5) is 15.8 Å². The predicted octanol–water partition coefficient (Wildman–Crippen LogP) is 4.89. The van der Waals surface area contributed by atoms with Gasteiger partial charge in [0.25, 0.3) is 0 Å². The molecule has 0 radical (unpaired) electrons. The Bertz CT molecular complexity index is 602. The lowest BCUT2D eigenvalue weighted by Crippen LogP contribution is -2.08. The van der Waals surface area contributed by atoms with Crippen molar-refractivity contribution in [2.75, 3.05) is 11.1 Å². The van der Waals surface area contributed by atoms with Crippen molar-refractivity contribution in [2.45, 2.75) is 13.0 Å². The molecular weight excluding hydrogens is 286 g/mol. The summed E-state index contributed by atoms with van der Waals surface area (Å²) in [5.41, 5.74) is 7.86. The topological polar surface area (TPSA) is 38.0 Å². The predicted molar refractivity (Wildman–Crippen MR) is 79.3 cm³/mol. The Kier molecular flexibility index (Phi) is 4.17. The first kappa shape index (κ1) is 14.0. The Morgan fingerprint density at radius 2 is 1.84 bits per heavy atom. The summed E-state index contributed by atoms with van der Waals surface area (Å²) in [7, 11) is 0. The summed E-state index contributed by atoms with van der Waals surface area (Å²) in [5, 5.41) is 4.01. The van der Waals surface area contributed by atoms with Crippen LogP contribution in [0.2, 0.25) is 10.0 Å². The van der Waals surface area contributed by atoms with Crippen LogP contribution in [0.3, 0.4) is 0 Å². The van der Waals surface area contributed by atoms with E-state index in [4.69, 9.17) is 28.9 Å². The number of hydrogen-bond donors (Lipinski definition) is 2. The van der Waals surface area contributed by atoms with Crippen LogP contribution in [-0.4, -0.2) is 0 Å². The third-order valence-electron chi connectivity index (χ3n) is 2.81. The molecule has 0 saturated heterocycles. The van der Waals surface area contributed by atoms with Crippen LogP contribution in [0.15, 0.2) is 36.4 Å². The highest BCUT2D eigenvalue weighted by Gasteiger charge is 2.10. The number of nitrogens with two attached hydrogens (primary N) is 1. The van der Waals surface area contributed by atoms with E-state index in [2.05, 4.69) is 5.32 Å². The zero-order valence-corrected chi connectivity index (χ0v) is 11.8. The summed E-state index contributed by atoms with van der Waals surface area (Å²) in [5.74, 6) is -0.270. The maximum Gasteiger partial charge on any atom is 0.123 e. The average Bonchev–Trinajstić information content (AvgIpc) is 2.36. The van der Waals surface area contributed by atoms with Crippen molar-refractivity contribution in [3.63, 3.8) is 0 Å². The van der Waals surface area contributed by atoms with E-state index >= 15 is 0 Å². The third-order valence-corrected chi connectivity index (χ3v) is 3.54. The third kappa shape index (κ3) is 3.31. The largest absolute Gasteiger partial charge is 0.397 e. The minimum Gasteiger partial charge on any atom is -0.397 e. The lowest BCUT2D eigenvalue weighted by molar-refractivity contribution is 0.623.